The normalized spacial score (nSPS) is 10.5. The molecule has 0 radical (unpaired) electrons. The highest BCUT2D eigenvalue weighted by Gasteiger charge is 2.17. The Hall–Kier alpha value is -2.36. The zero-order chi connectivity index (χ0) is 15.4. The number of carbonyl (C=O) groups excluding carboxylic acids is 1. The van der Waals surface area contributed by atoms with Gasteiger partial charge in [-0.2, -0.15) is 0 Å². The zero-order valence-corrected chi connectivity index (χ0v) is 12.2. The third kappa shape index (κ3) is 3.40. The Kier molecular flexibility index (Phi) is 4.58. The SMILES string of the molecule is COc1cccc(C(=O)c2cccc(OC(C)C)c2)c1F. The number of halogens is 1. The summed E-state index contributed by atoms with van der Waals surface area (Å²) >= 11 is 0. The fourth-order valence-corrected chi connectivity index (χ4v) is 1.98. The maximum atomic E-state index is 14.1. The van der Waals surface area contributed by atoms with E-state index in [1.165, 1.54) is 19.2 Å². The summed E-state index contributed by atoms with van der Waals surface area (Å²) in [4.78, 5) is 12.4. The number of rotatable bonds is 5. The highest BCUT2D eigenvalue weighted by molar-refractivity contribution is 6.09. The van der Waals surface area contributed by atoms with Gasteiger partial charge in [0.05, 0.1) is 18.8 Å². The number of benzene rings is 2. The number of ether oxygens (including phenoxy) is 2. The molecule has 0 atom stereocenters. The Morgan fingerprint density at radius 2 is 1.86 bits per heavy atom. The van der Waals surface area contributed by atoms with Gasteiger partial charge in [-0.25, -0.2) is 4.39 Å². The molecule has 0 bridgehead atoms. The van der Waals surface area contributed by atoms with Crippen LogP contribution in [0.5, 0.6) is 11.5 Å². The maximum Gasteiger partial charge on any atom is 0.196 e. The molecule has 0 fully saturated rings. The van der Waals surface area contributed by atoms with E-state index in [1.54, 1.807) is 30.3 Å². The van der Waals surface area contributed by atoms with Crippen LogP contribution in [0.15, 0.2) is 42.5 Å². The minimum absolute atomic E-state index is 0.00362. The molecule has 0 spiro atoms. The van der Waals surface area contributed by atoms with E-state index in [1.807, 2.05) is 13.8 Å². The summed E-state index contributed by atoms with van der Waals surface area (Å²) in [6.07, 6.45) is 0.00362. The van der Waals surface area contributed by atoms with Crippen molar-refractivity contribution >= 4 is 5.78 Å². The van der Waals surface area contributed by atoms with Crippen LogP contribution in [0.1, 0.15) is 29.8 Å². The van der Waals surface area contributed by atoms with Gasteiger partial charge < -0.3 is 9.47 Å². The van der Waals surface area contributed by atoms with Gasteiger partial charge in [0, 0.05) is 5.56 Å². The second-order valence-electron chi connectivity index (χ2n) is 4.85. The first-order valence-electron chi connectivity index (χ1n) is 6.67. The van der Waals surface area contributed by atoms with Crippen LogP contribution in [0.25, 0.3) is 0 Å². The lowest BCUT2D eigenvalue weighted by Crippen LogP contribution is -2.08. The number of hydrogen-bond donors (Lipinski definition) is 0. The first-order valence-corrected chi connectivity index (χ1v) is 6.67. The van der Waals surface area contributed by atoms with Gasteiger partial charge in [0.25, 0.3) is 0 Å². The lowest BCUT2D eigenvalue weighted by atomic mass is 10.0. The molecule has 0 saturated carbocycles. The van der Waals surface area contributed by atoms with Crippen molar-refractivity contribution in [3.05, 3.63) is 59.4 Å². The highest BCUT2D eigenvalue weighted by Crippen LogP contribution is 2.24. The second-order valence-corrected chi connectivity index (χ2v) is 4.85. The van der Waals surface area contributed by atoms with Gasteiger partial charge in [-0.05, 0) is 38.1 Å². The molecule has 0 unspecified atom stereocenters. The molecule has 21 heavy (non-hydrogen) atoms. The van der Waals surface area contributed by atoms with Gasteiger partial charge >= 0.3 is 0 Å². The van der Waals surface area contributed by atoms with Crippen LogP contribution in [0.4, 0.5) is 4.39 Å². The number of carbonyl (C=O) groups is 1. The molecule has 0 amide bonds. The van der Waals surface area contributed by atoms with Gasteiger partial charge in [-0.1, -0.05) is 18.2 Å². The van der Waals surface area contributed by atoms with Crippen LogP contribution < -0.4 is 9.47 Å². The average molecular weight is 288 g/mol. The highest BCUT2D eigenvalue weighted by atomic mass is 19.1. The molecule has 0 heterocycles. The van der Waals surface area contributed by atoms with Crippen LogP contribution >= 0.6 is 0 Å². The van der Waals surface area contributed by atoms with E-state index in [2.05, 4.69) is 0 Å². The molecular weight excluding hydrogens is 271 g/mol. The molecule has 0 aromatic heterocycles. The Morgan fingerprint density at radius 3 is 2.52 bits per heavy atom. The Labute approximate surface area is 123 Å². The van der Waals surface area contributed by atoms with Crippen molar-refractivity contribution < 1.29 is 18.7 Å². The van der Waals surface area contributed by atoms with Crippen LogP contribution in [0.3, 0.4) is 0 Å². The number of hydrogen-bond acceptors (Lipinski definition) is 3. The Balaban J connectivity index is 2.36. The molecule has 4 heteroatoms. The summed E-state index contributed by atoms with van der Waals surface area (Å²) in [6, 6.07) is 11.2. The predicted molar refractivity (Wildman–Crippen MR) is 78.6 cm³/mol. The van der Waals surface area contributed by atoms with Crippen molar-refractivity contribution in [2.24, 2.45) is 0 Å². The first-order chi connectivity index (χ1) is 10.0. The van der Waals surface area contributed by atoms with E-state index < -0.39 is 11.6 Å². The molecule has 0 aliphatic rings. The van der Waals surface area contributed by atoms with Crippen molar-refractivity contribution in [3.63, 3.8) is 0 Å². The lowest BCUT2D eigenvalue weighted by molar-refractivity contribution is 0.103. The van der Waals surface area contributed by atoms with Crippen LogP contribution in [-0.2, 0) is 0 Å². The molecule has 110 valence electrons. The molecule has 0 aliphatic heterocycles. The van der Waals surface area contributed by atoms with Crippen LogP contribution in [0, 0.1) is 5.82 Å². The van der Waals surface area contributed by atoms with E-state index in [-0.39, 0.29) is 17.4 Å². The minimum atomic E-state index is -0.653. The summed E-state index contributed by atoms with van der Waals surface area (Å²) in [5.41, 5.74) is 0.358. The van der Waals surface area contributed by atoms with Gasteiger partial charge in [0.2, 0.25) is 0 Å². The fraction of sp³-hybridized carbons (Fsp3) is 0.235. The van der Waals surface area contributed by atoms with Crippen LogP contribution in [-0.4, -0.2) is 19.0 Å². The molecule has 2 aromatic rings. The lowest BCUT2D eigenvalue weighted by Gasteiger charge is -2.11. The molecule has 0 saturated heterocycles. The molecular formula is C17H17FO3. The maximum absolute atomic E-state index is 14.1. The Morgan fingerprint density at radius 1 is 1.14 bits per heavy atom. The van der Waals surface area contributed by atoms with Crippen molar-refractivity contribution in [1.29, 1.82) is 0 Å². The topological polar surface area (TPSA) is 35.5 Å². The summed E-state index contributed by atoms with van der Waals surface area (Å²) in [7, 11) is 1.36. The predicted octanol–water partition coefficient (Wildman–Crippen LogP) is 3.85. The number of methoxy groups -OCH3 is 1. The smallest absolute Gasteiger partial charge is 0.196 e. The van der Waals surface area contributed by atoms with E-state index >= 15 is 0 Å². The van der Waals surface area contributed by atoms with E-state index in [0.29, 0.717) is 11.3 Å². The van der Waals surface area contributed by atoms with Gasteiger partial charge in [0.1, 0.15) is 5.75 Å². The number of ketones is 1. The molecule has 2 rings (SSSR count). The van der Waals surface area contributed by atoms with Gasteiger partial charge in [-0.15, -0.1) is 0 Å². The average Bonchev–Trinajstić information content (AvgIpc) is 2.46. The minimum Gasteiger partial charge on any atom is -0.494 e. The third-order valence-corrected chi connectivity index (χ3v) is 2.90. The largest absolute Gasteiger partial charge is 0.494 e. The van der Waals surface area contributed by atoms with E-state index in [4.69, 9.17) is 9.47 Å². The summed E-state index contributed by atoms with van der Waals surface area (Å²) in [5.74, 6) is -0.421. The summed E-state index contributed by atoms with van der Waals surface area (Å²) in [5, 5.41) is 0. The molecule has 0 N–H and O–H groups in total. The van der Waals surface area contributed by atoms with Gasteiger partial charge in [0.15, 0.2) is 17.3 Å². The van der Waals surface area contributed by atoms with Crippen LogP contribution in [0.2, 0.25) is 0 Å². The molecule has 3 nitrogen and oxygen atoms in total. The van der Waals surface area contributed by atoms with Crippen molar-refractivity contribution in [1.82, 2.24) is 0 Å². The standard InChI is InChI=1S/C17H17FO3/c1-11(2)21-13-7-4-6-12(10-13)17(19)14-8-5-9-15(20-3)16(14)18/h4-11H,1-3H3. The first kappa shape index (κ1) is 15.0. The van der Waals surface area contributed by atoms with E-state index in [9.17, 15) is 9.18 Å². The van der Waals surface area contributed by atoms with E-state index in [0.717, 1.165) is 0 Å². The summed E-state index contributed by atoms with van der Waals surface area (Å²) in [6.45, 7) is 3.80. The van der Waals surface area contributed by atoms with Crippen molar-refractivity contribution in [2.75, 3.05) is 7.11 Å². The summed E-state index contributed by atoms with van der Waals surface area (Å²) < 4.78 is 24.6. The molecule has 0 aliphatic carbocycles. The Bertz CT molecular complexity index is 650. The third-order valence-electron chi connectivity index (χ3n) is 2.90. The van der Waals surface area contributed by atoms with Crippen molar-refractivity contribution in [2.45, 2.75) is 20.0 Å². The molecule has 2 aromatic carbocycles. The fourth-order valence-electron chi connectivity index (χ4n) is 1.98. The van der Waals surface area contributed by atoms with Crippen molar-refractivity contribution in [3.8, 4) is 11.5 Å². The quantitative estimate of drug-likeness (QED) is 0.784. The zero-order valence-electron chi connectivity index (χ0n) is 12.2. The monoisotopic (exact) mass is 288 g/mol. The second kappa shape index (κ2) is 6.39. The van der Waals surface area contributed by atoms with Gasteiger partial charge in [-0.3, -0.25) is 4.79 Å².